The van der Waals surface area contributed by atoms with Gasteiger partial charge in [-0.1, -0.05) is 12.1 Å². The van der Waals surface area contributed by atoms with Gasteiger partial charge in [0.15, 0.2) is 5.78 Å². The zero-order valence-corrected chi connectivity index (χ0v) is 11.6. The molecule has 0 heterocycles. The summed E-state index contributed by atoms with van der Waals surface area (Å²) in [6, 6.07) is 3.01. The van der Waals surface area contributed by atoms with Crippen LogP contribution in [0.25, 0.3) is 0 Å². The van der Waals surface area contributed by atoms with Gasteiger partial charge in [0.1, 0.15) is 5.75 Å². The van der Waals surface area contributed by atoms with E-state index >= 15 is 0 Å². The van der Waals surface area contributed by atoms with Crippen molar-refractivity contribution in [1.29, 1.82) is 0 Å². The van der Waals surface area contributed by atoms with Gasteiger partial charge in [0.2, 0.25) is 0 Å². The maximum Gasteiger partial charge on any atom is 0.573 e. The number of para-hydroxylation sites is 1. The third-order valence-corrected chi connectivity index (χ3v) is 3.11. The average Bonchev–Trinajstić information content (AvgIpc) is 2.29. The highest BCUT2D eigenvalue weighted by atomic mass is 35.5. The second-order valence-corrected chi connectivity index (χ2v) is 5.06. The van der Waals surface area contributed by atoms with Gasteiger partial charge in [0.25, 0.3) is 0 Å². The summed E-state index contributed by atoms with van der Waals surface area (Å²) >= 11 is 4.48. The van der Waals surface area contributed by atoms with Gasteiger partial charge < -0.3 is 4.74 Å². The highest BCUT2D eigenvalue weighted by molar-refractivity contribution is 8.00. The molecule has 0 aliphatic rings. The SMILES string of the molecule is O=C(CCl)Cc1cccc(SC(F)(F)F)c1OC(F)(F)F. The Morgan fingerprint density at radius 2 is 1.81 bits per heavy atom. The van der Waals surface area contributed by atoms with Crippen LogP contribution in [0.2, 0.25) is 0 Å². The van der Waals surface area contributed by atoms with Crippen LogP contribution >= 0.6 is 23.4 Å². The number of ether oxygens (including phenoxy) is 1. The van der Waals surface area contributed by atoms with Crippen LogP contribution in [0.1, 0.15) is 5.56 Å². The van der Waals surface area contributed by atoms with Crippen molar-refractivity contribution in [3.8, 4) is 5.75 Å². The molecule has 1 rings (SSSR count). The van der Waals surface area contributed by atoms with Crippen LogP contribution in [0.4, 0.5) is 26.3 Å². The molecular formula is C11H7ClF6O2S. The summed E-state index contributed by atoms with van der Waals surface area (Å²) < 4.78 is 77.7. The first-order valence-electron chi connectivity index (χ1n) is 5.23. The molecule has 2 nitrogen and oxygen atoms in total. The van der Waals surface area contributed by atoms with E-state index in [0.29, 0.717) is 0 Å². The zero-order chi connectivity index (χ0) is 16.3. The number of hydrogen-bond acceptors (Lipinski definition) is 3. The molecule has 0 bridgehead atoms. The number of thioether (sulfide) groups is 1. The Balaban J connectivity index is 3.23. The first kappa shape index (κ1) is 18.0. The molecule has 0 amide bonds. The lowest BCUT2D eigenvalue weighted by molar-refractivity contribution is -0.275. The van der Waals surface area contributed by atoms with E-state index in [4.69, 9.17) is 11.6 Å². The van der Waals surface area contributed by atoms with Gasteiger partial charge in [0.05, 0.1) is 10.8 Å². The van der Waals surface area contributed by atoms with E-state index in [9.17, 15) is 31.1 Å². The molecule has 21 heavy (non-hydrogen) atoms. The molecule has 0 atom stereocenters. The summed E-state index contributed by atoms with van der Waals surface area (Å²) in [5.41, 5.74) is -5.11. The first-order valence-corrected chi connectivity index (χ1v) is 6.58. The van der Waals surface area contributed by atoms with Crippen molar-refractivity contribution < 1.29 is 35.9 Å². The van der Waals surface area contributed by atoms with Crippen LogP contribution in [0, 0.1) is 0 Å². The van der Waals surface area contributed by atoms with Crippen molar-refractivity contribution in [3.63, 3.8) is 0 Å². The van der Waals surface area contributed by atoms with Crippen molar-refractivity contribution in [2.45, 2.75) is 23.2 Å². The molecule has 0 radical (unpaired) electrons. The van der Waals surface area contributed by atoms with Crippen molar-refractivity contribution >= 4 is 29.1 Å². The van der Waals surface area contributed by atoms with Crippen molar-refractivity contribution in [1.82, 2.24) is 0 Å². The van der Waals surface area contributed by atoms with Crippen LogP contribution < -0.4 is 4.74 Å². The van der Waals surface area contributed by atoms with E-state index in [1.165, 1.54) is 0 Å². The number of alkyl halides is 7. The minimum atomic E-state index is -5.18. The molecule has 0 aliphatic heterocycles. The molecule has 118 valence electrons. The van der Waals surface area contributed by atoms with E-state index in [2.05, 4.69) is 4.74 Å². The number of carbonyl (C=O) groups excluding carboxylic acids is 1. The number of rotatable bonds is 5. The minimum absolute atomic E-state index is 0.313. The molecule has 0 saturated heterocycles. The summed E-state index contributed by atoms with van der Waals surface area (Å²) in [6.07, 6.45) is -5.73. The Morgan fingerprint density at radius 3 is 2.29 bits per heavy atom. The molecule has 0 saturated carbocycles. The molecule has 0 N–H and O–H groups in total. The predicted octanol–water partition coefficient (Wildman–Crippen LogP) is 4.55. The van der Waals surface area contributed by atoms with Crippen LogP contribution in [-0.2, 0) is 11.2 Å². The normalized spacial score (nSPS) is 12.3. The molecule has 0 aliphatic carbocycles. The summed E-state index contributed by atoms with van der Waals surface area (Å²) in [6.45, 7) is 0. The number of benzene rings is 1. The number of carbonyl (C=O) groups is 1. The Hall–Kier alpha value is -1.09. The fourth-order valence-electron chi connectivity index (χ4n) is 1.40. The maximum absolute atomic E-state index is 12.4. The Morgan fingerprint density at radius 1 is 1.19 bits per heavy atom. The molecule has 0 spiro atoms. The maximum atomic E-state index is 12.4. The zero-order valence-electron chi connectivity index (χ0n) is 10.0. The van der Waals surface area contributed by atoms with E-state index in [1.807, 2.05) is 0 Å². The molecular weight excluding hydrogens is 346 g/mol. The third kappa shape index (κ3) is 6.47. The van der Waals surface area contributed by atoms with E-state index in [0.717, 1.165) is 18.2 Å². The second kappa shape index (κ2) is 6.78. The van der Waals surface area contributed by atoms with E-state index in [1.54, 1.807) is 0 Å². The van der Waals surface area contributed by atoms with Gasteiger partial charge in [0, 0.05) is 12.0 Å². The van der Waals surface area contributed by atoms with Crippen LogP contribution in [0.3, 0.4) is 0 Å². The van der Waals surface area contributed by atoms with Gasteiger partial charge >= 0.3 is 11.9 Å². The smallest absolute Gasteiger partial charge is 0.404 e. The largest absolute Gasteiger partial charge is 0.573 e. The van der Waals surface area contributed by atoms with Gasteiger partial charge in [-0.05, 0) is 17.8 Å². The summed E-state index contributed by atoms with van der Waals surface area (Å²) in [5, 5.41) is 0. The Kier molecular flexibility index (Phi) is 5.80. The molecule has 0 aromatic heterocycles. The minimum Gasteiger partial charge on any atom is -0.404 e. The number of Topliss-reactive ketones (excluding diaryl/α,β-unsaturated/α-hetero) is 1. The Labute approximate surface area is 124 Å². The Bertz CT molecular complexity index is 514. The summed E-state index contributed by atoms with van der Waals surface area (Å²) in [5.74, 6) is -2.15. The van der Waals surface area contributed by atoms with Crippen LogP contribution in [-0.4, -0.2) is 23.5 Å². The van der Waals surface area contributed by atoms with Gasteiger partial charge in [-0.3, -0.25) is 4.79 Å². The molecule has 0 fully saturated rings. The van der Waals surface area contributed by atoms with Gasteiger partial charge in [-0.2, -0.15) is 13.2 Å². The lowest BCUT2D eigenvalue weighted by Crippen LogP contribution is -2.20. The van der Waals surface area contributed by atoms with Crippen molar-refractivity contribution in [2.75, 3.05) is 5.88 Å². The lowest BCUT2D eigenvalue weighted by Gasteiger charge is -2.17. The van der Waals surface area contributed by atoms with E-state index < -0.39 is 52.4 Å². The van der Waals surface area contributed by atoms with Crippen LogP contribution in [0.15, 0.2) is 23.1 Å². The van der Waals surface area contributed by atoms with E-state index in [-0.39, 0.29) is 5.56 Å². The molecule has 1 aromatic carbocycles. The van der Waals surface area contributed by atoms with Crippen molar-refractivity contribution in [2.24, 2.45) is 0 Å². The number of ketones is 1. The molecule has 0 unspecified atom stereocenters. The average molecular weight is 353 g/mol. The quantitative estimate of drug-likeness (QED) is 0.442. The fraction of sp³-hybridized carbons (Fsp3) is 0.364. The standard InChI is InChI=1S/C11H7ClF6O2S/c12-5-7(19)4-6-2-1-3-8(21-11(16,17)18)9(6)20-10(13,14)15/h1-3H,4-5H2. The monoisotopic (exact) mass is 352 g/mol. The lowest BCUT2D eigenvalue weighted by atomic mass is 10.1. The van der Waals surface area contributed by atoms with Crippen molar-refractivity contribution in [3.05, 3.63) is 23.8 Å². The highest BCUT2D eigenvalue weighted by Crippen LogP contribution is 2.44. The first-order chi connectivity index (χ1) is 9.52. The number of hydrogen-bond donors (Lipinski definition) is 0. The number of halogens is 7. The second-order valence-electron chi connectivity index (χ2n) is 3.69. The van der Waals surface area contributed by atoms with Gasteiger partial charge in [-0.15, -0.1) is 24.8 Å². The summed E-state index contributed by atoms with van der Waals surface area (Å²) in [7, 11) is 0. The summed E-state index contributed by atoms with van der Waals surface area (Å²) in [4.78, 5) is 10.4. The highest BCUT2D eigenvalue weighted by Gasteiger charge is 2.36. The van der Waals surface area contributed by atoms with Gasteiger partial charge in [-0.25, -0.2) is 0 Å². The third-order valence-electron chi connectivity index (χ3n) is 2.04. The molecule has 10 heteroatoms. The predicted molar refractivity (Wildman–Crippen MR) is 64.5 cm³/mol. The van der Waals surface area contributed by atoms with Crippen LogP contribution in [0.5, 0.6) is 5.75 Å². The fourth-order valence-corrected chi connectivity index (χ4v) is 2.15. The topological polar surface area (TPSA) is 26.3 Å². The molecule has 1 aromatic rings.